The number of rotatable bonds is 4. The molecular formula is C18H23FN4O2. The molecule has 25 heavy (non-hydrogen) atoms. The number of halogens is 1. The lowest BCUT2D eigenvalue weighted by molar-refractivity contribution is 0.134. The smallest absolute Gasteiger partial charge is 0.317 e. The van der Waals surface area contributed by atoms with Crippen molar-refractivity contribution in [2.24, 2.45) is 0 Å². The predicted molar refractivity (Wildman–Crippen MR) is 91.5 cm³/mol. The van der Waals surface area contributed by atoms with E-state index in [1.165, 1.54) is 12.1 Å². The minimum Gasteiger partial charge on any atom is -0.361 e. The number of aryl methyl sites for hydroxylation is 2. The number of aromatic nitrogens is 1. The molecule has 0 radical (unpaired) electrons. The van der Waals surface area contributed by atoms with Gasteiger partial charge in [-0.05, 0) is 31.5 Å². The molecule has 2 aromatic rings. The van der Waals surface area contributed by atoms with Gasteiger partial charge in [0, 0.05) is 44.8 Å². The van der Waals surface area contributed by atoms with Crippen molar-refractivity contribution in [1.82, 2.24) is 20.3 Å². The Hall–Kier alpha value is -2.41. The van der Waals surface area contributed by atoms with Crippen molar-refractivity contribution in [3.8, 4) is 0 Å². The normalized spacial score (nSPS) is 15.4. The molecule has 3 rings (SSSR count). The molecular weight excluding hydrogens is 323 g/mol. The Kier molecular flexibility index (Phi) is 5.33. The zero-order valence-corrected chi connectivity index (χ0v) is 14.6. The van der Waals surface area contributed by atoms with E-state index in [0.717, 1.165) is 42.2 Å². The van der Waals surface area contributed by atoms with Gasteiger partial charge in [0.1, 0.15) is 11.6 Å². The quantitative estimate of drug-likeness (QED) is 0.924. The van der Waals surface area contributed by atoms with E-state index in [1.54, 1.807) is 12.1 Å². The van der Waals surface area contributed by atoms with Gasteiger partial charge < -0.3 is 14.7 Å². The van der Waals surface area contributed by atoms with Crippen molar-refractivity contribution < 1.29 is 13.7 Å². The number of hydrogen-bond donors (Lipinski definition) is 1. The highest BCUT2D eigenvalue weighted by Gasteiger charge is 2.22. The van der Waals surface area contributed by atoms with Crippen LogP contribution >= 0.6 is 0 Å². The zero-order chi connectivity index (χ0) is 17.8. The Balaban J connectivity index is 1.45. The second-order valence-electron chi connectivity index (χ2n) is 6.35. The molecule has 6 nitrogen and oxygen atoms in total. The molecule has 2 amide bonds. The summed E-state index contributed by atoms with van der Waals surface area (Å²) < 4.78 is 18.1. The fraction of sp³-hybridized carbons (Fsp3) is 0.444. The van der Waals surface area contributed by atoms with Gasteiger partial charge in [-0.3, -0.25) is 4.90 Å². The number of nitrogens with zero attached hydrogens (tertiary/aromatic N) is 3. The first-order chi connectivity index (χ1) is 12.0. The first kappa shape index (κ1) is 17.4. The maximum absolute atomic E-state index is 12.9. The number of hydrogen-bond acceptors (Lipinski definition) is 4. The molecule has 1 aliphatic heterocycles. The topological polar surface area (TPSA) is 61.6 Å². The maximum atomic E-state index is 12.9. The van der Waals surface area contributed by atoms with Crippen LogP contribution in [0.3, 0.4) is 0 Å². The number of piperazine rings is 1. The summed E-state index contributed by atoms with van der Waals surface area (Å²) in [6.45, 7) is 8.06. The van der Waals surface area contributed by atoms with Crippen molar-refractivity contribution >= 4 is 6.03 Å². The van der Waals surface area contributed by atoms with E-state index in [2.05, 4.69) is 15.4 Å². The third-order valence-electron chi connectivity index (χ3n) is 4.58. The molecule has 1 aromatic heterocycles. The Bertz CT molecular complexity index is 702. The minimum absolute atomic E-state index is 0.0821. The van der Waals surface area contributed by atoms with Gasteiger partial charge in [-0.25, -0.2) is 9.18 Å². The summed E-state index contributed by atoms with van der Waals surface area (Å²) in [5.41, 5.74) is 2.94. The molecule has 0 bridgehead atoms. The van der Waals surface area contributed by atoms with E-state index >= 15 is 0 Å². The molecule has 2 heterocycles. The van der Waals surface area contributed by atoms with Gasteiger partial charge in [0.15, 0.2) is 0 Å². The largest absolute Gasteiger partial charge is 0.361 e. The molecule has 7 heteroatoms. The SMILES string of the molecule is Cc1noc(C)c1CN1CCN(C(=O)NCc2ccc(F)cc2)CC1. The lowest BCUT2D eigenvalue weighted by Gasteiger charge is -2.34. The number of urea groups is 1. The number of amides is 2. The van der Waals surface area contributed by atoms with Crippen molar-refractivity contribution in [1.29, 1.82) is 0 Å². The molecule has 1 aliphatic rings. The number of benzene rings is 1. The summed E-state index contributed by atoms with van der Waals surface area (Å²) in [7, 11) is 0. The Morgan fingerprint density at radius 3 is 2.48 bits per heavy atom. The van der Waals surface area contributed by atoms with Gasteiger partial charge in [0.2, 0.25) is 0 Å². The maximum Gasteiger partial charge on any atom is 0.317 e. The van der Waals surface area contributed by atoms with Crippen molar-refractivity contribution in [2.75, 3.05) is 26.2 Å². The highest BCUT2D eigenvalue weighted by atomic mass is 19.1. The average Bonchev–Trinajstić information content (AvgIpc) is 2.93. The molecule has 0 aliphatic carbocycles. The number of carbonyl (C=O) groups excluding carboxylic acids is 1. The van der Waals surface area contributed by atoms with Gasteiger partial charge in [0.05, 0.1) is 5.69 Å². The van der Waals surface area contributed by atoms with Gasteiger partial charge in [-0.1, -0.05) is 17.3 Å². The molecule has 1 N–H and O–H groups in total. The van der Waals surface area contributed by atoms with E-state index in [4.69, 9.17) is 4.52 Å². The lowest BCUT2D eigenvalue weighted by atomic mass is 10.2. The molecule has 0 unspecified atom stereocenters. The fourth-order valence-electron chi connectivity index (χ4n) is 2.95. The van der Waals surface area contributed by atoms with Gasteiger partial charge >= 0.3 is 6.03 Å². The van der Waals surface area contributed by atoms with E-state index in [9.17, 15) is 9.18 Å². The van der Waals surface area contributed by atoms with Gasteiger partial charge in [-0.15, -0.1) is 0 Å². The Morgan fingerprint density at radius 1 is 1.20 bits per heavy atom. The monoisotopic (exact) mass is 346 g/mol. The van der Waals surface area contributed by atoms with E-state index in [1.807, 2.05) is 18.7 Å². The third kappa shape index (κ3) is 4.36. The first-order valence-electron chi connectivity index (χ1n) is 8.44. The van der Waals surface area contributed by atoms with Crippen LogP contribution in [0.15, 0.2) is 28.8 Å². The Labute approximate surface area is 146 Å². The van der Waals surface area contributed by atoms with Crippen molar-refractivity contribution in [3.63, 3.8) is 0 Å². The van der Waals surface area contributed by atoms with Crippen LogP contribution < -0.4 is 5.32 Å². The molecule has 1 saturated heterocycles. The molecule has 134 valence electrons. The van der Waals surface area contributed by atoms with Crippen LogP contribution in [0.2, 0.25) is 0 Å². The summed E-state index contributed by atoms with van der Waals surface area (Å²) in [6, 6.07) is 6.07. The summed E-state index contributed by atoms with van der Waals surface area (Å²) in [5.74, 6) is 0.585. The average molecular weight is 346 g/mol. The number of nitrogens with one attached hydrogen (secondary N) is 1. The minimum atomic E-state index is -0.274. The van der Waals surface area contributed by atoms with Crippen LogP contribution in [-0.4, -0.2) is 47.2 Å². The first-order valence-corrected chi connectivity index (χ1v) is 8.44. The molecule has 0 spiro atoms. The van der Waals surface area contributed by atoms with Gasteiger partial charge in [0.25, 0.3) is 0 Å². The highest BCUT2D eigenvalue weighted by Crippen LogP contribution is 2.16. The standard InChI is InChI=1S/C18H23FN4O2/c1-13-17(14(2)25-21-13)12-22-7-9-23(10-8-22)18(24)20-11-15-3-5-16(19)6-4-15/h3-6H,7-12H2,1-2H3,(H,20,24). The predicted octanol–water partition coefficient (Wildman–Crippen LogP) is 2.46. The van der Waals surface area contributed by atoms with E-state index in [0.29, 0.717) is 19.6 Å². The van der Waals surface area contributed by atoms with Gasteiger partial charge in [-0.2, -0.15) is 0 Å². The summed E-state index contributed by atoms with van der Waals surface area (Å²) >= 11 is 0. The van der Waals surface area contributed by atoms with Crippen LogP contribution in [0.4, 0.5) is 9.18 Å². The summed E-state index contributed by atoms with van der Waals surface area (Å²) in [6.07, 6.45) is 0. The van der Waals surface area contributed by atoms with Crippen LogP contribution in [-0.2, 0) is 13.1 Å². The summed E-state index contributed by atoms with van der Waals surface area (Å²) in [5, 5.41) is 6.87. The number of carbonyl (C=O) groups is 1. The summed E-state index contributed by atoms with van der Waals surface area (Å²) in [4.78, 5) is 16.4. The second kappa shape index (κ2) is 7.65. The van der Waals surface area contributed by atoms with Crippen LogP contribution in [0.1, 0.15) is 22.6 Å². The molecule has 0 atom stereocenters. The Morgan fingerprint density at radius 2 is 1.88 bits per heavy atom. The lowest BCUT2D eigenvalue weighted by Crippen LogP contribution is -2.51. The van der Waals surface area contributed by atoms with Crippen LogP contribution in [0, 0.1) is 19.7 Å². The molecule has 1 fully saturated rings. The zero-order valence-electron chi connectivity index (χ0n) is 14.6. The molecule has 1 aromatic carbocycles. The van der Waals surface area contributed by atoms with Crippen LogP contribution in [0.5, 0.6) is 0 Å². The highest BCUT2D eigenvalue weighted by molar-refractivity contribution is 5.74. The third-order valence-corrected chi connectivity index (χ3v) is 4.58. The van der Waals surface area contributed by atoms with Crippen molar-refractivity contribution in [2.45, 2.75) is 26.9 Å². The van der Waals surface area contributed by atoms with E-state index in [-0.39, 0.29) is 11.8 Å². The van der Waals surface area contributed by atoms with Crippen LogP contribution in [0.25, 0.3) is 0 Å². The van der Waals surface area contributed by atoms with E-state index < -0.39 is 0 Å². The molecule has 0 saturated carbocycles. The second-order valence-corrected chi connectivity index (χ2v) is 6.35. The fourth-order valence-corrected chi connectivity index (χ4v) is 2.95. The van der Waals surface area contributed by atoms with Crippen molar-refractivity contribution in [3.05, 3.63) is 52.7 Å².